The lowest BCUT2D eigenvalue weighted by atomic mass is 9.95. The summed E-state index contributed by atoms with van der Waals surface area (Å²) in [6.07, 6.45) is 2.38. The van der Waals surface area contributed by atoms with Gasteiger partial charge in [0.15, 0.2) is 0 Å². The number of aldehydes is 1. The first-order valence-electron chi connectivity index (χ1n) is 10.4. The van der Waals surface area contributed by atoms with Gasteiger partial charge in [0.25, 0.3) is 0 Å². The largest absolute Gasteiger partial charge is 0.301 e. The van der Waals surface area contributed by atoms with Crippen LogP contribution in [-0.4, -0.2) is 37.5 Å². The van der Waals surface area contributed by atoms with E-state index in [1.807, 2.05) is 26.0 Å². The quantitative estimate of drug-likeness (QED) is 0.399. The summed E-state index contributed by atoms with van der Waals surface area (Å²) in [5.74, 6) is -0.801. The molecule has 4 rings (SSSR count). The smallest absolute Gasteiger partial charge is 0.247 e. The standard InChI is InChI=1S/C24H23FN4O3/c1-14(2)24-23-17(5-4-6-20(23)28(27-24)9-10-30)18-12-21-16(11-19(18)25)13-26-29(21)22(32)8-7-15(3)31/h4-6,10-14H,7-9H2,1-3H3. The Labute approximate surface area is 183 Å². The van der Waals surface area contributed by atoms with Crippen molar-refractivity contribution in [3.63, 3.8) is 0 Å². The number of aromatic nitrogens is 4. The molecule has 0 aliphatic carbocycles. The second-order valence-electron chi connectivity index (χ2n) is 8.13. The van der Waals surface area contributed by atoms with Crippen LogP contribution in [0.5, 0.6) is 0 Å². The van der Waals surface area contributed by atoms with Gasteiger partial charge in [0.1, 0.15) is 17.9 Å². The Morgan fingerprint density at radius 2 is 1.91 bits per heavy atom. The predicted octanol–water partition coefficient (Wildman–Crippen LogP) is 4.52. The molecule has 0 unspecified atom stereocenters. The van der Waals surface area contributed by atoms with Crippen LogP contribution in [0, 0.1) is 5.82 Å². The molecule has 164 valence electrons. The van der Waals surface area contributed by atoms with E-state index in [1.165, 1.54) is 23.9 Å². The number of rotatable bonds is 7. The average Bonchev–Trinajstić information content (AvgIpc) is 3.33. The Hall–Kier alpha value is -3.68. The minimum atomic E-state index is -0.446. The lowest BCUT2D eigenvalue weighted by Crippen LogP contribution is -2.13. The maximum absolute atomic E-state index is 15.2. The third-order valence-electron chi connectivity index (χ3n) is 5.47. The van der Waals surface area contributed by atoms with Crippen molar-refractivity contribution in [2.24, 2.45) is 0 Å². The molecule has 0 aliphatic heterocycles. The van der Waals surface area contributed by atoms with Crippen molar-refractivity contribution in [3.05, 3.63) is 48.0 Å². The van der Waals surface area contributed by atoms with Crippen molar-refractivity contribution in [2.75, 3.05) is 0 Å². The molecule has 2 aromatic carbocycles. The zero-order chi connectivity index (χ0) is 23.0. The van der Waals surface area contributed by atoms with Crippen LogP contribution in [0.2, 0.25) is 0 Å². The Morgan fingerprint density at radius 1 is 1.12 bits per heavy atom. The molecule has 2 aromatic heterocycles. The minimum Gasteiger partial charge on any atom is -0.301 e. The fraction of sp³-hybridized carbons (Fsp3) is 0.292. The summed E-state index contributed by atoms with van der Waals surface area (Å²) >= 11 is 0. The van der Waals surface area contributed by atoms with Crippen LogP contribution in [0.15, 0.2) is 36.5 Å². The highest BCUT2D eigenvalue weighted by Gasteiger charge is 2.21. The molecule has 32 heavy (non-hydrogen) atoms. The Balaban J connectivity index is 1.92. The van der Waals surface area contributed by atoms with Crippen LogP contribution in [0.1, 0.15) is 50.0 Å². The normalized spacial score (nSPS) is 11.5. The van der Waals surface area contributed by atoms with Crippen molar-refractivity contribution in [2.45, 2.75) is 46.1 Å². The summed E-state index contributed by atoms with van der Waals surface area (Å²) in [5.41, 5.74) is 2.92. The van der Waals surface area contributed by atoms with Gasteiger partial charge in [0.05, 0.1) is 29.5 Å². The first-order valence-corrected chi connectivity index (χ1v) is 10.4. The molecule has 0 saturated carbocycles. The second-order valence-corrected chi connectivity index (χ2v) is 8.13. The monoisotopic (exact) mass is 434 g/mol. The van der Waals surface area contributed by atoms with Crippen LogP contribution in [0.25, 0.3) is 32.9 Å². The van der Waals surface area contributed by atoms with Gasteiger partial charge in [0, 0.05) is 29.2 Å². The molecule has 0 aliphatic rings. The van der Waals surface area contributed by atoms with Crippen molar-refractivity contribution < 1.29 is 18.8 Å². The molecule has 0 radical (unpaired) electrons. The summed E-state index contributed by atoms with van der Waals surface area (Å²) in [5, 5.41) is 9.98. The number of ketones is 1. The lowest BCUT2D eigenvalue weighted by molar-refractivity contribution is -0.117. The molecule has 2 heterocycles. The molecular weight excluding hydrogens is 411 g/mol. The Bertz CT molecular complexity index is 1370. The van der Waals surface area contributed by atoms with Crippen LogP contribution >= 0.6 is 0 Å². The van der Waals surface area contributed by atoms with Gasteiger partial charge in [-0.25, -0.2) is 9.07 Å². The topological polar surface area (TPSA) is 86.8 Å². The molecule has 0 atom stereocenters. The SMILES string of the molecule is CC(=O)CCC(=O)n1ncc2cc(F)c(-c3cccc4c3c(C(C)C)nn4CC=O)cc21. The minimum absolute atomic E-state index is 0.0321. The number of hydrogen-bond acceptors (Lipinski definition) is 5. The highest BCUT2D eigenvalue weighted by molar-refractivity contribution is 6.01. The van der Waals surface area contributed by atoms with Crippen molar-refractivity contribution in [3.8, 4) is 11.1 Å². The van der Waals surface area contributed by atoms with E-state index in [-0.39, 0.29) is 37.0 Å². The zero-order valence-electron chi connectivity index (χ0n) is 18.1. The maximum Gasteiger partial charge on any atom is 0.247 e. The summed E-state index contributed by atoms with van der Waals surface area (Å²) in [7, 11) is 0. The van der Waals surface area contributed by atoms with Gasteiger partial charge in [-0.15, -0.1) is 0 Å². The summed E-state index contributed by atoms with van der Waals surface area (Å²) < 4.78 is 18.1. The molecular formula is C24H23FN4O3. The number of benzene rings is 2. The van der Waals surface area contributed by atoms with Gasteiger partial charge in [-0.2, -0.15) is 10.2 Å². The third kappa shape index (κ3) is 3.72. The van der Waals surface area contributed by atoms with Crippen molar-refractivity contribution in [1.29, 1.82) is 0 Å². The van der Waals surface area contributed by atoms with Gasteiger partial charge in [-0.3, -0.25) is 9.48 Å². The maximum atomic E-state index is 15.2. The van der Waals surface area contributed by atoms with E-state index in [0.29, 0.717) is 22.0 Å². The number of hydrogen-bond donors (Lipinski definition) is 0. The number of carbonyl (C=O) groups is 3. The molecule has 0 amide bonds. The van der Waals surface area contributed by atoms with E-state index < -0.39 is 5.82 Å². The summed E-state index contributed by atoms with van der Waals surface area (Å²) in [4.78, 5) is 35.0. The van der Waals surface area contributed by atoms with E-state index >= 15 is 4.39 Å². The Kier molecular flexibility index (Phi) is 5.69. The number of fused-ring (bicyclic) bond motifs is 2. The fourth-order valence-electron chi connectivity index (χ4n) is 3.94. The summed E-state index contributed by atoms with van der Waals surface area (Å²) in [6, 6.07) is 8.43. The fourth-order valence-corrected chi connectivity index (χ4v) is 3.94. The van der Waals surface area contributed by atoms with Crippen LogP contribution < -0.4 is 0 Å². The highest BCUT2D eigenvalue weighted by Crippen LogP contribution is 2.37. The van der Waals surface area contributed by atoms with E-state index in [9.17, 15) is 14.4 Å². The second kappa shape index (κ2) is 8.45. The zero-order valence-corrected chi connectivity index (χ0v) is 18.1. The van der Waals surface area contributed by atoms with Crippen molar-refractivity contribution in [1.82, 2.24) is 19.6 Å². The summed E-state index contributed by atoms with van der Waals surface area (Å²) in [6.45, 7) is 5.52. The molecule has 0 saturated heterocycles. The third-order valence-corrected chi connectivity index (χ3v) is 5.47. The van der Waals surface area contributed by atoms with Crippen LogP contribution in [0.3, 0.4) is 0 Å². The van der Waals surface area contributed by atoms with Gasteiger partial charge in [-0.05, 0) is 36.6 Å². The number of Topliss-reactive ketones (excluding diaryl/α,β-unsaturated/α-hetero) is 1. The highest BCUT2D eigenvalue weighted by atomic mass is 19.1. The van der Waals surface area contributed by atoms with Gasteiger partial charge in [0.2, 0.25) is 5.91 Å². The number of halogens is 1. The average molecular weight is 434 g/mol. The Morgan fingerprint density at radius 3 is 2.59 bits per heavy atom. The number of nitrogens with zero attached hydrogens (tertiary/aromatic N) is 4. The first kappa shape index (κ1) is 21.5. The number of carbonyl (C=O) groups excluding carboxylic acids is 3. The molecule has 0 bridgehead atoms. The van der Waals surface area contributed by atoms with Crippen LogP contribution in [0.4, 0.5) is 4.39 Å². The molecule has 0 fully saturated rings. The molecule has 7 nitrogen and oxygen atoms in total. The predicted molar refractivity (Wildman–Crippen MR) is 119 cm³/mol. The molecule has 0 spiro atoms. The lowest BCUT2D eigenvalue weighted by Gasteiger charge is -2.10. The van der Waals surface area contributed by atoms with E-state index in [1.54, 1.807) is 16.8 Å². The van der Waals surface area contributed by atoms with E-state index in [2.05, 4.69) is 10.2 Å². The van der Waals surface area contributed by atoms with Gasteiger partial charge in [-0.1, -0.05) is 26.0 Å². The van der Waals surface area contributed by atoms with Crippen molar-refractivity contribution >= 4 is 39.8 Å². The van der Waals surface area contributed by atoms with E-state index in [0.717, 1.165) is 22.9 Å². The first-order chi connectivity index (χ1) is 15.3. The molecule has 0 N–H and O–H groups in total. The van der Waals surface area contributed by atoms with Gasteiger partial charge < -0.3 is 9.59 Å². The van der Waals surface area contributed by atoms with Gasteiger partial charge >= 0.3 is 0 Å². The molecule has 8 heteroatoms. The van der Waals surface area contributed by atoms with Crippen LogP contribution in [-0.2, 0) is 16.1 Å². The molecule has 4 aromatic rings. The van der Waals surface area contributed by atoms with E-state index in [4.69, 9.17) is 0 Å².